The molecule has 0 bridgehead atoms. The number of carbonyl (C=O) groups is 1. The van der Waals surface area contributed by atoms with E-state index in [1.165, 1.54) is 0 Å². The number of nitrogens with zero attached hydrogens (tertiary/aromatic N) is 1. The second-order valence-electron chi connectivity index (χ2n) is 6.88. The molecule has 3 aromatic rings. The molecule has 6 heteroatoms. The number of anilines is 1. The number of nitrogens with one attached hydrogen (secondary N) is 1. The van der Waals surface area contributed by atoms with E-state index in [0.717, 1.165) is 26.9 Å². The van der Waals surface area contributed by atoms with E-state index in [0.29, 0.717) is 12.2 Å². The molecular formula is C22H24N2O3S. The van der Waals surface area contributed by atoms with E-state index in [1.807, 2.05) is 67.6 Å². The monoisotopic (exact) mass is 396 g/mol. The maximum absolute atomic E-state index is 12.5. The lowest BCUT2D eigenvalue weighted by molar-refractivity contribution is -0.119. The molecule has 0 spiro atoms. The van der Waals surface area contributed by atoms with Crippen LogP contribution >= 0.6 is 0 Å². The van der Waals surface area contributed by atoms with Crippen LogP contribution in [0.2, 0.25) is 0 Å². The fourth-order valence-electron chi connectivity index (χ4n) is 3.16. The summed E-state index contributed by atoms with van der Waals surface area (Å²) in [6, 6.07) is 22.9. The van der Waals surface area contributed by atoms with Crippen LogP contribution < -0.4 is 9.62 Å². The summed E-state index contributed by atoms with van der Waals surface area (Å²) in [5.41, 5.74) is 1.63. The lowest BCUT2D eigenvalue weighted by Crippen LogP contribution is -2.41. The predicted molar refractivity (Wildman–Crippen MR) is 114 cm³/mol. The van der Waals surface area contributed by atoms with Gasteiger partial charge in [-0.3, -0.25) is 9.10 Å². The van der Waals surface area contributed by atoms with Gasteiger partial charge in [0.1, 0.15) is 6.54 Å². The van der Waals surface area contributed by atoms with E-state index in [4.69, 9.17) is 0 Å². The zero-order valence-corrected chi connectivity index (χ0v) is 16.8. The molecule has 0 saturated heterocycles. The molecule has 146 valence electrons. The van der Waals surface area contributed by atoms with Crippen LogP contribution in [0.3, 0.4) is 0 Å². The molecule has 0 radical (unpaired) electrons. The van der Waals surface area contributed by atoms with Crippen LogP contribution in [-0.4, -0.2) is 33.7 Å². The lowest BCUT2D eigenvalue weighted by Gasteiger charge is -2.24. The van der Waals surface area contributed by atoms with Gasteiger partial charge in [0.15, 0.2) is 0 Å². The number of fused-ring (bicyclic) bond motifs is 1. The fourth-order valence-corrected chi connectivity index (χ4v) is 4.03. The number of benzene rings is 3. The maximum atomic E-state index is 12.5. The van der Waals surface area contributed by atoms with E-state index < -0.39 is 10.0 Å². The largest absolute Gasteiger partial charge is 0.354 e. The summed E-state index contributed by atoms with van der Waals surface area (Å²) in [4.78, 5) is 12.5. The third-order valence-electron chi connectivity index (χ3n) is 4.70. The van der Waals surface area contributed by atoms with Crippen molar-refractivity contribution in [2.24, 2.45) is 0 Å². The summed E-state index contributed by atoms with van der Waals surface area (Å²) in [5.74, 6) is -0.199. The van der Waals surface area contributed by atoms with Crippen molar-refractivity contribution in [3.63, 3.8) is 0 Å². The zero-order valence-electron chi connectivity index (χ0n) is 16.0. The highest BCUT2D eigenvalue weighted by molar-refractivity contribution is 7.92. The first-order chi connectivity index (χ1) is 13.4. The second-order valence-corrected chi connectivity index (χ2v) is 8.79. The molecule has 5 nitrogen and oxygen atoms in total. The van der Waals surface area contributed by atoms with E-state index >= 15 is 0 Å². The highest BCUT2D eigenvalue weighted by atomic mass is 32.2. The molecular weight excluding hydrogens is 372 g/mol. The Bertz CT molecular complexity index is 1060. The number of hydrogen-bond donors (Lipinski definition) is 1. The van der Waals surface area contributed by atoms with Crippen molar-refractivity contribution >= 4 is 32.4 Å². The Balaban J connectivity index is 1.77. The standard InChI is InChI=1S/C22H24N2O3S/c1-17(18-9-4-3-5-10-18)15-23-22(25)16-24(28(2,26)27)21-14-8-12-19-11-6-7-13-20(19)21/h3-14,17H,15-16H2,1-2H3,(H,23,25)/t17-/m1/s1. The smallest absolute Gasteiger partial charge is 0.240 e. The van der Waals surface area contributed by atoms with Gasteiger partial charge in [0.05, 0.1) is 11.9 Å². The Morgan fingerprint density at radius 2 is 1.61 bits per heavy atom. The zero-order chi connectivity index (χ0) is 20.1. The fraction of sp³-hybridized carbons (Fsp3) is 0.227. The number of sulfonamides is 1. The van der Waals surface area contributed by atoms with Gasteiger partial charge in [0, 0.05) is 11.9 Å². The summed E-state index contributed by atoms with van der Waals surface area (Å²) >= 11 is 0. The van der Waals surface area contributed by atoms with Crippen molar-refractivity contribution in [3.05, 3.63) is 78.4 Å². The van der Waals surface area contributed by atoms with E-state index in [-0.39, 0.29) is 18.4 Å². The Labute approximate surface area is 166 Å². The highest BCUT2D eigenvalue weighted by Gasteiger charge is 2.22. The van der Waals surface area contributed by atoms with Gasteiger partial charge in [0.25, 0.3) is 0 Å². The molecule has 0 aliphatic rings. The normalized spacial score (nSPS) is 12.5. The predicted octanol–water partition coefficient (Wildman–Crippen LogP) is 3.53. The molecule has 0 unspecified atom stereocenters. The van der Waals surface area contributed by atoms with Gasteiger partial charge in [-0.1, -0.05) is 73.7 Å². The third-order valence-corrected chi connectivity index (χ3v) is 5.82. The van der Waals surface area contributed by atoms with E-state index in [2.05, 4.69) is 5.32 Å². The first-order valence-electron chi connectivity index (χ1n) is 9.13. The Kier molecular flexibility index (Phi) is 5.99. The Hall–Kier alpha value is -2.86. The van der Waals surface area contributed by atoms with Gasteiger partial charge in [-0.25, -0.2) is 8.42 Å². The first-order valence-corrected chi connectivity index (χ1v) is 11.0. The van der Waals surface area contributed by atoms with Crippen molar-refractivity contribution < 1.29 is 13.2 Å². The quantitative estimate of drug-likeness (QED) is 0.664. The SMILES string of the molecule is C[C@H](CNC(=O)CN(c1cccc2ccccc12)S(C)(=O)=O)c1ccccc1. The van der Waals surface area contributed by atoms with E-state index in [1.54, 1.807) is 12.1 Å². The Morgan fingerprint density at radius 3 is 2.32 bits per heavy atom. The third kappa shape index (κ3) is 4.70. The molecule has 3 rings (SSSR count). The maximum Gasteiger partial charge on any atom is 0.240 e. The molecule has 0 fully saturated rings. The molecule has 0 aliphatic carbocycles. The van der Waals surface area contributed by atoms with Crippen LogP contribution in [0.15, 0.2) is 72.8 Å². The minimum atomic E-state index is -3.62. The van der Waals surface area contributed by atoms with Gasteiger partial charge < -0.3 is 5.32 Å². The molecule has 1 N–H and O–H groups in total. The molecule has 0 saturated carbocycles. The van der Waals surface area contributed by atoms with Crippen molar-refractivity contribution in [1.29, 1.82) is 0 Å². The van der Waals surface area contributed by atoms with Crippen molar-refractivity contribution in [2.45, 2.75) is 12.8 Å². The van der Waals surface area contributed by atoms with E-state index in [9.17, 15) is 13.2 Å². The van der Waals surface area contributed by atoms with Crippen molar-refractivity contribution in [1.82, 2.24) is 5.32 Å². The average Bonchev–Trinajstić information content (AvgIpc) is 2.69. The second kappa shape index (κ2) is 8.44. The van der Waals surface area contributed by atoms with Crippen LogP contribution in [-0.2, 0) is 14.8 Å². The molecule has 0 heterocycles. The van der Waals surface area contributed by atoms with Crippen LogP contribution in [0.25, 0.3) is 10.8 Å². The summed E-state index contributed by atoms with van der Waals surface area (Å²) in [5, 5.41) is 4.57. The number of amides is 1. The topological polar surface area (TPSA) is 66.5 Å². The van der Waals surface area contributed by atoms with Gasteiger partial charge in [-0.2, -0.15) is 0 Å². The van der Waals surface area contributed by atoms with Gasteiger partial charge >= 0.3 is 0 Å². The lowest BCUT2D eigenvalue weighted by atomic mass is 10.0. The van der Waals surface area contributed by atoms with Gasteiger partial charge in [-0.05, 0) is 22.9 Å². The molecule has 1 amide bonds. The summed E-state index contributed by atoms with van der Waals surface area (Å²) < 4.78 is 26.0. The van der Waals surface area contributed by atoms with Gasteiger partial charge in [0.2, 0.25) is 15.9 Å². The molecule has 0 aromatic heterocycles. The van der Waals surface area contributed by atoms with Crippen LogP contribution in [0.4, 0.5) is 5.69 Å². The van der Waals surface area contributed by atoms with Crippen LogP contribution in [0.5, 0.6) is 0 Å². The molecule has 1 atom stereocenters. The number of carbonyl (C=O) groups excluding carboxylic acids is 1. The molecule has 28 heavy (non-hydrogen) atoms. The molecule has 3 aromatic carbocycles. The number of hydrogen-bond acceptors (Lipinski definition) is 3. The average molecular weight is 397 g/mol. The Morgan fingerprint density at radius 1 is 0.964 bits per heavy atom. The minimum absolute atomic E-state index is 0.134. The summed E-state index contributed by atoms with van der Waals surface area (Å²) in [7, 11) is -3.62. The summed E-state index contributed by atoms with van der Waals surface area (Å²) in [6.45, 7) is 2.21. The highest BCUT2D eigenvalue weighted by Crippen LogP contribution is 2.28. The molecule has 0 aliphatic heterocycles. The van der Waals surface area contributed by atoms with Crippen LogP contribution in [0.1, 0.15) is 18.4 Å². The van der Waals surface area contributed by atoms with Gasteiger partial charge in [-0.15, -0.1) is 0 Å². The summed E-state index contributed by atoms with van der Waals surface area (Å²) in [6.07, 6.45) is 1.12. The number of rotatable bonds is 7. The van der Waals surface area contributed by atoms with Crippen molar-refractivity contribution in [2.75, 3.05) is 23.7 Å². The van der Waals surface area contributed by atoms with Crippen molar-refractivity contribution in [3.8, 4) is 0 Å². The minimum Gasteiger partial charge on any atom is -0.354 e. The first kappa shape index (κ1) is 19.9. The van der Waals surface area contributed by atoms with Crippen LogP contribution in [0, 0.1) is 0 Å².